The fourth-order valence-corrected chi connectivity index (χ4v) is 3.08. The zero-order chi connectivity index (χ0) is 21.5. The van der Waals surface area contributed by atoms with Crippen LogP contribution in [0.25, 0.3) is 0 Å². The number of benzene rings is 2. The minimum absolute atomic E-state index is 0.0518. The number of rotatable bonds is 2. The number of amidine groups is 1. The first-order valence-corrected chi connectivity index (χ1v) is 8.72. The Kier molecular flexibility index (Phi) is 5.27. The quantitative estimate of drug-likeness (QED) is 0.771. The number of alkyl halides is 3. The lowest BCUT2D eigenvalue weighted by molar-refractivity contribution is -0.189. The Hall–Kier alpha value is -3.07. The van der Waals surface area contributed by atoms with E-state index in [4.69, 9.17) is 11.6 Å². The van der Waals surface area contributed by atoms with Crippen molar-refractivity contribution in [2.24, 2.45) is 5.10 Å². The number of carbonyl (C=O) groups is 2. The lowest BCUT2D eigenvalue weighted by Gasteiger charge is -2.32. The Balaban J connectivity index is 2.14. The Morgan fingerprint density at radius 1 is 1.17 bits per heavy atom. The Morgan fingerprint density at radius 2 is 1.72 bits per heavy atom. The second kappa shape index (κ2) is 7.40. The van der Waals surface area contributed by atoms with Gasteiger partial charge in [-0.1, -0.05) is 11.6 Å². The Labute approximate surface area is 168 Å². The summed E-state index contributed by atoms with van der Waals surface area (Å²) < 4.78 is 39.6. The number of phenols is 1. The van der Waals surface area contributed by atoms with Crippen LogP contribution in [-0.4, -0.2) is 33.9 Å². The van der Waals surface area contributed by atoms with Crippen molar-refractivity contribution >= 4 is 29.3 Å². The number of nitrogens with zero attached hydrogens (tertiary/aromatic N) is 2. The van der Waals surface area contributed by atoms with Gasteiger partial charge in [0.1, 0.15) is 5.75 Å². The highest BCUT2D eigenvalue weighted by molar-refractivity contribution is 6.30. The molecule has 0 radical (unpaired) electrons. The number of amides is 2. The highest BCUT2D eigenvalue weighted by Gasteiger charge is 2.49. The molecule has 1 unspecified atom stereocenters. The standard InChI is InChI=1S/C19H15ClF3N3O3/c1-9-7-12(8-10(2)15(9)27)14-17(28)24-16(11-3-5-13(20)6-4-11)25-26(14)18(29)19(21,22)23/h3-8,14,27H,1-2H3,(H,24,25,28). The molecule has 0 aromatic heterocycles. The maximum absolute atomic E-state index is 13.2. The van der Waals surface area contributed by atoms with Crippen LogP contribution in [0.3, 0.4) is 0 Å². The Morgan fingerprint density at radius 3 is 2.24 bits per heavy atom. The molecule has 0 fully saturated rings. The van der Waals surface area contributed by atoms with E-state index < -0.39 is 24.0 Å². The van der Waals surface area contributed by atoms with E-state index in [0.29, 0.717) is 16.1 Å². The van der Waals surface area contributed by atoms with Crippen molar-refractivity contribution in [1.29, 1.82) is 0 Å². The van der Waals surface area contributed by atoms with Gasteiger partial charge in [0.05, 0.1) is 0 Å². The number of carbonyl (C=O) groups excluding carboxylic acids is 2. The van der Waals surface area contributed by atoms with E-state index in [9.17, 15) is 27.9 Å². The maximum Gasteiger partial charge on any atom is 0.473 e. The number of aryl methyl sites for hydroxylation is 2. The zero-order valence-corrected chi connectivity index (χ0v) is 16.0. The van der Waals surface area contributed by atoms with Crippen LogP contribution < -0.4 is 5.32 Å². The van der Waals surface area contributed by atoms with E-state index in [1.165, 1.54) is 50.2 Å². The molecule has 152 valence electrons. The molecular formula is C19H15ClF3N3O3. The fraction of sp³-hybridized carbons (Fsp3) is 0.211. The summed E-state index contributed by atoms with van der Waals surface area (Å²) in [5.41, 5.74) is 1.06. The highest BCUT2D eigenvalue weighted by Crippen LogP contribution is 2.33. The van der Waals surface area contributed by atoms with Crippen molar-refractivity contribution in [1.82, 2.24) is 10.3 Å². The summed E-state index contributed by atoms with van der Waals surface area (Å²) in [5, 5.41) is 16.6. The fourth-order valence-electron chi connectivity index (χ4n) is 2.96. The predicted octanol–water partition coefficient (Wildman–Crippen LogP) is 3.59. The van der Waals surface area contributed by atoms with Gasteiger partial charge >= 0.3 is 12.1 Å². The minimum Gasteiger partial charge on any atom is -0.507 e. The molecular weight excluding hydrogens is 411 g/mol. The topological polar surface area (TPSA) is 82.0 Å². The Bertz CT molecular complexity index is 997. The molecule has 0 bridgehead atoms. The van der Waals surface area contributed by atoms with Crippen molar-refractivity contribution < 1.29 is 27.9 Å². The summed E-state index contributed by atoms with van der Waals surface area (Å²) in [4.78, 5) is 24.8. The summed E-state index contributed by atoms with van der Waals surface area (Å²) in [6.45, 7) is 3.07. The van der Waals surface area contributed by atoms with Crippen molar-refractivity contribution in [3.63, 3.8) is 0 Å². The van der Waals surface area contributed by atoms with Crippen LogP contribution in [0, 0.1) is 13.8 Å². The minimum atomic E-state index is -5.24. The monoisotopic (exact) mass is 425 g/mol. The molecule has 1 atom stereocenters. The van der Waals surface area contributed by atoms with Gasteiger partial charge in [0.2, 0.25) is 0 Å². The summed E-state index contributed by atoms with van der Waals surface area (Å²) in [6.07, 6.45) is -5.24. The van der Waals surface area contributed by atoms with Crippen molar-refractivity contribution in [2.75, 3.05) is 0 Å². The van der Waals surface area contributed by atoms with E-state index in [2.05, 4.69) is 10.4 Å². The van der Waals surface area contributed by atoms with Crippen LogP contribution in [0.5, 0.6) is 5.75 Å². The number of hydrazone groups is 1. The molecule has 0 spiro atoms. The lowest BCUT2D eigenvalue weighted by atomic mass is 9.98. The van der Waals surface area contributed by atoms with Crippen LogP contribution in [0.2, 0.25) is 5.02 Å². The van der Waals surface area contributed by atoms with Gasteiger partial charge in [0.15, 0.2) is 11.9 Å². The molecule has 2 aromatic rings. The molecule has 0 saturated carbocycles. The number of halogens is 4. The largest absolute Gasteiger partial charge is 0.507 e. The molecule has 10 heteroatoms. The molecule has 3 rings (SSSR count). The average Bonchev–Trinajstić information content (AvgIpc) is 2.64. The van der Waals surface area contributed by atoms with Gasteiger partial charge in [0, 0.05) is 10.6 Å². The SMILES string of the molecule is Cc1cc(C2C(=O)NC(c3ccc(Cl)cc3)=NN2C(=O)C(F)(F)F)cc(C)c1O. The van der Waals surface area contributed by atoms with E-state index in [0.717, 1.165) is 0 Å². The summed E-state index contributed by atoms with van der Waals surface area (Å²) in [5.74, 6) is -3.42. The number of phenolic OH excluding ortho intramolecular Hbond substituents is 1. The van der Waals surface area contributed by atoms with E-state index in [1.54, 1.807) is 0 Å². The van der Waals surface area contributed by atoms with Gasteiger partial charge < -0.3 is 10.4 Å². The third kappa shape index (κ3) is 4.04. The van der Waals surface area contributed by atoms with Crippen LogP contribution in [0.15, 0.2) is 41.5 Å². The van der Waals surface area contributed by atoms with E-state index >= 15 is 0 Å². The summed E-state index contributed by atoms with van der Waals surface area (Å²) in [7, 11) is 0. The van der Waals surface area contributed by atoms with E-state index in [-0.39, 0.29) is 27.7 Å². The average molecular weight is 426 g/mol. The number of hydrogen-bond acceptors (Lipinski definition) is 4. The molecule has 2 N–H and O–H groups in total. The van der Waals surface area contributed by atoms with Crippen LogP contribution >= 0.6 is 11.6 Å². The molecule has 1 aliphatic rings. The van der Waals surface area contributed by atoms with E-state index in [1.807, 2.05) is 0 Å². The van der Waals surface area contributed by atoms with Gasteiger partial charge in [-0.25, -0.2) is 5.01 Å². The molecule has 1 heterocycles. The maximum atomic E-state index is 13.2. The third-order valence-corrected chi connectivity index (χ3v) is 4.59. The second-order valence-electron chi connectivity index (χ2n) is 6.50. The zero-order valence-electron chi connectivity index (χ0n) is 15.2. The predicted molar refractivity (Wildman–Crippen MR) is 99.4 cm³/mol. The molecule has 0 saturated heterocycles. The smallest absolute Gasteiger partial charge is 0.473 e. The third-order valence-electron chi connectivity index (χ3n) is 4.34. The molecule has 2 amide bonds. The summed E-state index contributed by atoms with van der Waals surface area (Å²) >= 11 is 5.80. The van der Waals surface area contributed by atoms with Crippen molar-refractivity contribution in [3.8, 4) is 5.75 Å². The van der Waals surface area contributed by atoms with Crippen LogP contribution in [-0.2, 0) is 9.59 Å². The molecule has 6 nitrogen and oxygen atoms in total. The number of aromatic hydroxyl groups is 1. The lowest BCUT2D eigenvalue weighted by Crippen LogP contribution is -2.52. The van der Waals surface area contributed by atoms with Crippen molar-refractivity contribution in [2.45, 2.75) is 26.1 Å². The van der Waals surface area contributed by atoms with Gasteiger partial charge in [0.25, 0.3) is 5.91 Å². The second-order valence-corrected chi connectivity index (χ2v) is 6.93. The molecule has 0 aliphatic carbocycles. The van der Waals surface area contributed by atoms with Crippen LogP contribution in [0.1, 0.15) is 28.3 Å². The first-order valence-electron chi connectivity index (χ1n) is 8.35. The highest BCUT2D eigenvalue weighted by atomic mass is 35.5. The van der Waals surface area contributed by atoms with Gasteiger partial charge in [-0.15, -0.1) is 0 Å². The normalized spacial score (nSPS) is 17.0. The molecule has 1 aliphatic heterocycles. The summed E-state index contributed by atoms with van der Waals surface area (Å²) in [6, 6.07) is 6.87. The number of hydrogen-bond donors (Lipinski definition) is 2. The number of nitrogens with one attached hydrogen (secondary N) is 1. The van der Waals surface area contributed by atoms with Gasteiger partial charge in [-0.3, -0.25) is 9.59 Å². The van der Waals surface area contributed by atoms with Crippen molar-refractivity contribution in [3.05, 3.63) is 63.7 Å². The molecule has 29 heavy (non-hydrogen) atoms. The van der Waals surface area contributed by atoms with Gasteiger partial charge in [-0.05, 0) is 66.9 Å². The first kappa shape index (κ1) is 20.7. The first-order chi connectivity index (χ1) is 13.5. The van der Waals surface area contributed by atoms with Crippen LogP contribution in [0.4, 0.5) is 13.2 Å². The van der Waals surface area contributed by atoms with Gasteiger partial charge in [-0.2, -0.15) is 18.3 Å². The molecule has 2 aromatic carbocycles.